The van der Waals surface area contributed by atoms with Crippen LogP contribution in [0.3, 0.4) is 0 Å². The van der Waals surface area contributed by atoms with Gasteiger partial charge in [-0.15, -0.1) is 0 Å². The molecular formula is C13H18N2O2. The maximum Gasteiger partial charge on any atom is 0.404 e. The van der Waals surface area contributed by atoms with E-state index in [9.17, 15) is 4.79 Å². The SMILES string of the molecule is NC(=O)OCc1ccccc1N1CCCCC1. The molecule has 0 radical (unpaired) electrons. The molecule has 1 aliphatic heterocycles. The maximum absolute atomic E-state index is 10.6. The minimum absolute atomic E-state index is 0.252. The van der Waals surface area contributed by atoms with Gasteiger partial charge in [0.2, 0.25) is 0 Å². The number of primary amides is 1. The van der Waals surface area contributed by atoms with E-state index in [1.807, 2.05) is 18.2 Å². The van der Waals surface area contributed by atoms with Crippen molar-refractivity contribution in [2.24, 2.45) is 5.73 Å². The van der Waals surface area contributed by atoms with E-state index in [-0.39, 0.29) is 6.61 Å². The van der Waals surface area contributed by atoms with Gasteiger partial charge in [0.1, 0.15) is 6.61 Å². The Morgan fingerprint density at radius 1 is 1.24 bits per heavy atom. The molecule has 0 aliphatic carbocycles. The van der Waals surface area contributed by atoms with Crippen LogP contribution in [0, 0.1) is 0 Å². The zero-order valence-electron chi connectivity index (χ0n) is 9.89. The predicted molar refractivity (Wildman–Crippen MR) is 66.9 cm³/mol. The summed E-state index contributed by atoms with van der Waals surface area (Å²) in [6.45, 7) is 2.41. The Hall–Kier alpha value is -1.71. The third-order valence-corrected chi connectivity index (χ3v) is 3.06. The highest BCUT2D eigenvalue weighted by molar-refractivity contribution is 5.65. The lowest BCUT2D eigenvalue weighted by atomic mass is 10.1. The quantitative estimate of drug-likeness (QED) is 0.872. The van der Waals surface area contributed by atoms with E-state index < -0.39 is 6.09 Å². The fourth-order valence-corrected chi connectivity index (χ4v) is 2.23. The van der Waals surface area contributed by atoms with Crippen LogP contribution in [0.2, 0.25) is 0 Å². The van der Waals surface area contributed by atoms with Crippen LogP contribution < -0.4 is 10.6 Å². The van der Waals surface area contributed by atoms with Gasteiger partial charge in [0.15, 0.2) is 0 Å². The molecule has 0 spiro atoms. The predicted octanol–water partition coefficient (Wildman–Crippen LogP) is 2.27. The zero-order chi connectivity index (χ0) is 12.1. The van der Waals surface area contributed by atoms with Gasteiger partial charge >= 0.3 is 6.09 Å². The summed E-state index contributed by atoms with van der Waals surface area (Å²) in [6.07, 6.45) is 3.03. The summed E-state index contributed by atoms with van der Waals surface area (Å²) < 4.78 is 4.87. The number of carbonyl (C=O) groups excluding carboxylic acids is 1. The van der Waals surface area contributed by atoms with Crippen LogP contribution in [0.4, 0.5) is 10.5 Å². The van der Waals surface area contributed by atoms with Crippen molar-refractivity contribution in [1.82, 2.24) is 0 Å². The first-order chi connectivity index (χ1) is 8.27. The molecular weight excluding hydrogens is 216 g/mol. The third-order valence-electron chi connectivity index (χ3n) is 3.06. The molecule has 92 valence electrons. The maximum atomic E-state index is 10.6. The van der Waals surface area contributed by atoms with E-state index >= 15 is 0 Å². The monoisotopic (exact) mass is 234 g/mol. The molecule has 2 rings (SSSR count). The molecule has 1 saturated heterocycles. The third kappa shape index (κ3) is 3.12. The van der Waals surface area contributed by atoms with Crippen molar-refractivity contribution in [2.75, 3.05) is 18.0 Å². The van der Waals surface area contributed by atoms with Crippen molar-refractivity contribution in [3.8, 4) is 0 Å². The number of ether oxygens (including phenoxy) is 1. The van der Waals surface area contributed by atoms with Crippen LogP contribution in [-0.4, -0.2) is 19.2 Å². The molecule has 0 unspecified atom stereocenters. The summed E-state index contributed by atoms with van der Waals surface area (Å²) in [6, 6.07) is 8.02. The number of benzene rings is 1. The topological polar surface area (TPSA) is 55.6 Å². The van der Waals surface area contributed by atoms with E-state index in [4.69, 9.17) is 10.5 Å². The van der Waals surface area contributed by atoms with Crippen molar-refractivity contribution in [2.45, 2.75) is 25.9 Å². The van der Waals surface area contributed by atoms with Gasteiger partial charge in [-0.05, 0) is 25.3 Å². The summed E-state index contributed by atoms with van der Waals surface area (Å²) in [4.78, 5) is 13.0. The number of carbonyl (C=O) groups is 1. The molecule has 0 bridgehead atoms. The van der Waals surface area contributed by atoms with Crippen LogP contribution in [-0.2, 0) is 11.3 Å². The van der Waals surface area contributed by atoms with Gasteiger partial charge in [-0.25, -0.2) is 4.79 Å². The average molecular weight is 234 g/mol. The summed E-state index contributed by atoms with van der Waals surface area (Å²) in [5.74, 6) is 0. The number of hydrogen-bond acceptors (Lipinski definition) is 3. The number of para-hydroxylation sites is 1. The van der Waals surface area contributed by atoms with Crippen molar-refractivity contribution in [3.05, 3.63) is 29.8 Å². The second-order valence-electron chi connectivity index (χ2n) is 4.28. The molecule has 0 aromatic heterocycles. The first-order valence-corrected chi connectivity index (χ1v) is 6.02. The molecule has 4 heteroatoms. The molecule has 1 amide bonds. The Morgan fingerprint density at radius 3 is 2.65 bits per heavy atom. The summed E-state index contributed by atoms with van der Waals surface area (Å²) in [5.41, 5.74) is 7.18. The minimum atomic E-state index is -0.724. The van der Waals surface area contributed by atoms with Crippen LogP contribution in [0.5, 0.6) is 0 Å². The molecule has 1 fully saturated rings. The van der Waals surface area contributed by atoms with E-state index in [2.05, 4.69) is 11.0 Å². The fraction of sp³-hybridized carbons (Fsp3) is 0.462. The average Bonchev–Trinajstić information content (AvgIpc) is 2.38. The highest BCUT2D eigenvalue weighted by Gasteiger charge is 2.14. The Kier molecular flexibility index (Phi) is 3.85. The largest absolute Gasteiger partial charge is 0.445 e. The number of amides is 1. The zero-order valence-corrected chi connectivity index (χ0v) is 9.89. The van der Waals surface area contributed by atoms with Gasteiger partial charge in [0, 0.05) is 24.3 Å². The van der Waals surface area contributed by atoms with E-state index in [0.29, 0.717) is 0 Å². The Balaban J connectivity index is 2.11. The van der Waals surface area contributed by atoms with Gasteiger partial charge in [-0.1, -0.05) is 18.2 Å². The number of anilines is 1. The fourth-order valence-electron chi connectivity index (χ4n) is 2.23. The second-order valence-corrected chi connectivity index (χ2v) is 4.28. The smallest absolute Gasteiger partial charge is 0.404 e. The molecule has 1 heterocycles. The van der Waals surface area contributed by atoms with Crippen molar-refractivity contribution >= 4 is 11.8 Å². The number of hydrogen-bond donors (Lipinski definition) is 1. The standard InChI is InChI=1S/C13H18N2O2/c14-13(16)17-10-11-6-2-3-7-12(11)15-8-4-1-5-9-15/h2-3,6-7H,1,4-5,8-10H2,(H2,14,16). The lowest BCUT2D eigenvalue weighted by Gasteiger charge is -2.30. The molecule has 17 heavy (non-hydrogen) atoms. The van der Waals surface area contributed by atoms with Gasteiger partial charge in [-0.3, -0.25) is 0 Å². The van der Waals surface area contributed by atoms with Crippen LogP contribution in [0.25, 0.3) is 0 Å². The Bertz CT molecular complexity index is 387. The molecule has 1 aliphatic rings. The van der Waals surface area contributed by atoms with E-state index in [1.165, 1.54) is 19.3 Å². The van der Waals surface area contributed by atoms with Crippen molar-refractivity contribution in [1.29, 1.82) is 0 Å². The summed E-state index contributed by atoms with van der Waals surface area (Å²) in [7, 11) is 0. The first kappa shape index (κ1) is 11.8. The molecule has 2 N–H and O–H groups in total. The first-order valence-electron chi connectivity index (χ1n) is 6.02. The van der Waals surface area contributed by atoms with E-state index in [1.54, 1.807) is 0 Å². The summed E-state index contributed by atoms with van der Waals surface area (Å²) in [5, 5.41) is 0. The lowest BCUT2D eigenvalue weighted by Crippen LogP contribution is -2.30. The molecule has 0 atom stereocenters. The van der Waals surface area contributed by atoms with Crippen molar-refractivity contribution < 1.29 is 9.53 Å². The van der Waals surface area contributed by atoms with Crippen LogP contribution in [0.15, 0.2) is 24.3 Å². The number of nitrogens with two attached hydrogens (primary N) is 1. The second kappa shape index (κ2) is 5.57. The molecule has 1 aromatic rings. The van der Waals surface area contributed by atoms with Crippen molar-refractivity contribution in [3.63, 3.8) is 0 Å². The normalized spacial score (nSPS) is 15.6. The van der Waals surface area contributed by atoms with E-state index in [0.717, 1.165) is 24.3 Å². The van der Waals surface area contributed by atoms with Crippen LogP contribution in [0.1, 0.15) is 24.8 Å². The Labute approximate surface area is 101 Å². The van der Waals surface area contributed by atoms with Gasteiger partial charge in [0.25, 0.3) is 0 Å². The van der Waals surface area contributed by atoms with Gasteiger partial charge in [-0.2, -0.15) is 0 Å². The minimum Gasteiger partial charge on any atom is -0.445 e. The van der Waals surface area contributed by atoms with Gasteiger partial charge < -0.3 is 15.4 Å². The molecule has 1 aromatic carbocycles. The van der Waals surface area contributed by atoms with Crippen LogP contribution >= 0.6 is 0 Å². The highest BCUT2D eigenvalue weighted by Crippen LogP contribution is 2.24. The Morgan fingerprint density at radius 2 is 1.94 bits per heavy atom. The number of nitrogens with zero attached hydrogens (tertiary/aromatic N) is 1. The lowest BCUT2D eigenvalue weighted by molar-refractivity contribution is 0.150. The number of piperidine rings is 1. The molecule has 0 saturated carbocycles. The van der Waals surface area contributed by atoms with Gasteiger partial charge in [0.05, 0.1) is 0 Å². The number of rotatable bonds is 3. The highest BCUT2D eigenvalue weighted by atomic mass is 16.5. The summed E-state index contributed by atoms with van der Waals surface area (Å²) >= 11 is 0. The molecule has 4 nitrogen and oxygen atoms in total.